The van der Waals surface area contributed by atoms with Crippen LogP contribution in [0.2, 0.25) is 5.02 Å². The third kappa shape index (κ3) is 2.52. The Kier molecular flexibility index (Phi) is 3.75. The maximum absolute atomic E-state index is 9.32. The number of benzene rings is 1. The van der Waals surface area contributed by atoms with Gasteiger partial charge in [0.2, 0.25) is 0 Å². The monoisotopic (exact) mass is 253 g/mol. The van der Waals surface area contributed by atoms with E-state index in [4.69, 9.17) is 16.3 Å². The molecule has 0 aromatic heterocycles. The average Bonchev–Trinajstić information content (AvgIpc) is 2.33. The fourth-order valence-electron chi connectivity index (χ4n) is 1.68. The van der Waals surface area contributed by atoms with Gasteiger partial charge in [0.25, 0.3) is 0 Å². The highest BCUT2D eigenvalue weighted by molar-refractivity contribution is 8.01. The van der Waals surface area contributed by atoms with E-state index < -0.39 is 0 Å². The molecule has 2 nitrogen and oxygen atoms in total. The van der Waals surface area contributed by atoms with Crippen molar-refractivity contribution in [3.8, 4) is 6.07 Å². The molecule has 1 heterocycles. The minimum atomic E-state index is -0.372. The Morgan fingerprint density at radius 3 is 2.62 bits per heavy atom. The molecule has 0 aliphatic carbocycles. The topological polar surface area (TPSA) is 33.0 Å². The van der Waals surface area contributed by atoms with E-state index in [1.165, 1.54) is 0 Å². The first-order valence-corrected chi connectivity index (χ1v) is 6.38. The van der Waals surface area contributed by atoms with E-state index in [2.05, 4.69) is 6.07 Å². The Hall–Kier alpha value is -0.690. The molecular formula is C12H12ClNOS. The molecule has 0 radical (unpaired) electrons. The Morgan fingerprint density at radius 2 is 2.00 bits per heavy atom. The van der Waals surface area contributed by atoms with Crippen LogP contribution in [0.15, 0.2) is 29.2 Å². The summed E-state index contributed by atoms with van der Waals surface area (Å²) in [6, 6.07) is 10.1. The van der Waals surface area contributed by atoms with Crippen LogP contribution in [0.25, 0.3) is 0 Å². The highest BCUT2D eigenvalue weighted by Gasteiger charge is 2.34. The summed E-state index contributed by atoms with van der Waals surface area (Å²) in [5, 5.41) is 10.0. The Morgan fingerprint density at radius 1 is 1.31 bits per heavy atom. The van der Waals surface area contributed by atoms with Crippen LogP contribution in [-0.2, 0) is 4.74 Å². The molecule has 16 heavy (non-hydrogen) atoms. The highest BCUT2D eigenvalue weighted by Crippen LogP contribution is 2.42. The van der Waals surface area contributed by atoms with Crippen LogP contribution < -0.4 is 0 Å². The van der Waals surface area contributed by atoms with Crippen LogP contribution >= 0.6 is 23.4 Å². The van der Waals surface area contributed by atoms with Crippen molar-refractivity contribution >= 4 is 23.4 Å². The molecule has 1 aromatic carbocycles. The zero-order valence-corrected chi connectivity index (χ0v) is 10.4. The normalized spacial score (nSPS) is 19.0. The number of nitriles is 1. The van der Waals surface area contributed by atoms with Crippen LogP contribution in [0.5, 0.6) is 0 Å². The van der Waals surface area contributed by atoms with Gasteiger partial charge in [-0.1, -0.05) is 23.7 Å². The summed E-state index contributed by atoms with van der Waals surface area (Å²) < 4.78 is 4.93. The third-order valence-corrected chi connectivity index (χ3v) is 4.55. The lowest BCUT2D eigenvalue weighted by molar-refractivity contribution is 0.0886. The van der Waals surface area contributed by atoms with Crippen molar-refractivity contribution < 1.29 is 4.74 Å². The quantitative estimate of drug-likeness (QED) is 0.809. The zero-order valence-electron chi connectivity index (χ0n) is 8.78. The van der Waals surface area contributed by atoms with Crippen LogP contribution in [0, 0.1) is 11.3 Å². The van der Waals surface area contributed by atoms with E-state index in [1.807, 2.05) is 24.3 Å². The molecule has 0 amide bonds. The van der Waals surface area contributed by atoms with Gasteiger partial charge in [-0.3, -0.25) is 0 Å². The molecular weight excluding hydrogens is 242 g/mol. The number of halogens is 1. The van der Waals surface area contributed by atoms with Crippen molar-refractivity contribution in [2.45, 2.75) is 22.5 Å². The van der Waals surface area contributed by atoms with Crippen LogP contribution in [0.4, 0.5) is 0 Å². The zero-order chi connectivity index (χ0) is 11.4. The molecule has 0 atom stereocenters. The fourth-order valence-corrected chi connectivity index (χ4v) is 3.08. The van der Waals surface area contributed by atoms with Crippen LogP contribution in [0.3, 0.4) is 0 Å². The fraction of sp³-hybridized carbons (Fsp3) is 0.417. The maximum Gasteiger partial charge on any atom is 0.111 e. The molecule has 1 aliphatic rings. The molecule has 0 bridgehead atoms. The first-order valence-electron chi connectivity index (χ1n) is 5.18. The first-order chi connectivity index (χ1) is 7.76. The van der Waals surface area contributed by atoms with Gasteiger partial charge in [-0.2, -0.15) is 5.26 Å². The van der Waals surface area contributed by atoms with Gasteiger partial charge in [0.1, 0.15) is 4.75 Å². The van der Waals surface area contributed by atoms with Crippen molar-refractivity contribution in [2.75, 3.05) is 13.2 Å². The van der Waals surface area contributed by atoms with Crippen LogP contribution in [-0.4, -0.2) is 18.0 Å². The lowest BCUT2D eigenvalue weighted by Crippen LogP contribution is -2.31. The summed E-state index contributed by atoms with van der Waals surface area (Å²) >= 11 is 7.67. The predicted octanol–water partition coefficient (Wildman–Crippen LogP) is 3.50. The molecule has 1 aromatic rings. The summed E-state index contributed by atoms with van der Waals surface area (Å²) in [4.78, 5) is 0.979. The number of rotatable bonds is 2. The Balaban J connectivity index is 2.19. The van der Waals surface area contributed by atoms with Gasteiger partial charge < -0.3 is 4.74 Å². The standard InChI is InChI=1S/C12H12ClNOS/c13-10-3-1-2-4-11(10)16-12(9-14)5-7-15-8-6-12/h1-4H,5-8H2. The van der Waals surface area contributed by atoms with Crippen molar-refractivity contribution in [1.29, 1.82) is 5.26 Å². The molecule has 4 heteroatoms. The third-order valence-electron chi connectivity index (χ3n) is 2.65. The lowest BCUT2D eigenvalue weighted by atomic mass is 10.0. The molecule has 0 saturated carbocycles. The number of nitrogens with zero attached hydrogens (tertiary/aromatic N) is 1. The van der Waals surface area contributed by atoms with Gasteiger partial charge >= 0.3 is 0 Å². The van der Waals surface area contributed by atoms with E-state index in [0.717, 1.165) is 17.7 Å². The minimum absolute atomic E-state index is 0.372. The average molecular weight is 254 g/mol. The van der Waals surface area contributed by atoms with E-state index in [0.29, 0.717) is 18.2 Å². The SMILES string of the molecule is N#CC1(Sc2ccccc2Cl)CCOCC1. The summed E-state index contributed by atoms with van der Waals surface area (Å²) in [5.41, 5.74) is 0. The van der Waals surface area contributed by atoms with Gasteiger partial charge in [0.05, 0.1) is 11.1 Å². The smallest absolute Gasteiger partial charge is 0.111 e. The van der Waals surface area contributed by atoms with E-state index in [-0.39, 0.29) is 4.75 Å². The summed E-state index contributed by atoms with van der Waals surface area (Å²) in [6.45, 7) is 1.32. The molecule has 84 valence electrons. The number of thioether (sulfide) groups is 1. The number of hydrogen-bond donors (Lipinski definition) is 0. The van der Waals surface area contributed by atoms with E-state index >= 15 is 0 Å². The predicted molar refractivity (Wildman–Crippen MR) is 65.7 cm³/mol. The molecule has 1 saturated heterocycles. The van der Waals surface area contributed by atoms with Gasteiger partial charge in [0.15, 0.2) is 0 Å². The van der Waals surface area contributed by atoms with Gasteiger partial charge in [-0.15, -0.1) is 11.8 Å². The van der Waals surface area contributed by atoms with Crippen molar-refractivity contribution in [3.63, 3.8) is 0 Å². The first kappa shape index (κ1) is 11.8. The Bertz CT molecular complexity index is 410. The molecule has 1 aliphatic heterocycles. The largest absolute Gasteiger partial charge is 0.381 e. The molecule has 1 fully saturated rings. The van der Waals surface area contributed by atoms with Gasteiger partial charge in [-0.25, -0.2) is 0 Å². The van der Waals surface area contributed by atoms with E-state index in [9.17, 15) is 5.26 Å². The number of ether oxygens (including phenoxy) is 1. The second-order valence-corrected chi connectivity index (χ2v) is 5.58. The Labute approximate surface area is 105 Å². The molecule has 2 rings (SSSR count). The number of hydrogen-bond acceptors (Lipinski definition) is 3. The van der Waals surface area contributed by atoms with Crippen LogP contribution in [0.1, 0.15) is 12.8 Å². The molecule has 0 N–H and O–H groups in total. The van der Waals surface area contributed by atoms with Crippen molar-refractivity contribution in [3.05, 3.63) is 29.3 Å². The summed E-state index contributed by atoms with van der Waals surface area (Å²) in [5.74, 6) is 0. The lowest BCUT2D eigenvalue weighted by Gasteiger charge is -2.30. The van der Waals surface area contributed by atoms with Crippen molar-refractivity contribution in [2.24, 2.45) is 0 Å². The minimum Gasteiger partial charge on any atom is -0.381 e. The maximum atomic E-state index is 9.32. The van der Waals surface area contributed by atoms with Crippen molar-refractivity contribution in [1.82, 2.24) is 0 Å². The summed E-state index contributed by atoms with van der Waals surface area (Å²) in [6.07, 6.45) is 1.53. The van der Waals surface area contributed by atoms with E-state index in [1.54, 1.807) is 11.8 Å². The second kappa shape index (κ2) is 5.09. The second-order valence-electron chi connectivity index (χ2n) is 3.75. The summed E-state index contributed by atoms with van der Waals surface area (Å²) in [7, 11) is 0. The van der Waals surface area contributed by atoms with Gasteiger partial charge in [0, 0.05) is 18.1 Å². The molecule has 0 unspecified atom stereocenters. The van der Waals surface area contributed by atoms with Gasteiger partial charge in [-0.05, 0) is 25.0 Å². The highest BCUT2D eigenvalue weighted by atomic mass is 35.5. The molecule has 0 spiro atoms.